The summed E-state index contributed by atoms with van der Waals surface area (Å²) in [6.07, 6.45) is 1.77. The molecule has 0 aliphatic heterocycles. The molecule has 0 spiro atoms. The monoisotopic (exact) mass is 264 g/mol. The first-order chi connectivity index (χ1) is 9.75. The van der Waals surface area contributed by atoms with E-state index in [1.165, 1.54) is 0 Å². The second kappa shape index (κ2) is 5.27. The van der Waals surface area contributed by atoms with E-state index in [1.807, 2.05) is 60.1 Å². The summed E-state index contributed by atoms with van der Waals surface area (Å²) >= 11 is 0. The molecule has 2 N–H and O–H groups in total. The first-order valence-corrected chi connectivity index (χ1v) is 6.58. The van der Waals surface area contributed by atoms with E-state index < -0.39 is 0 Å². The summed E-state index contributed by atoms with van der Waals surface area (Å²) in [4.78, 5) is 0. The molecule has 2 aromatic carbocycles. The highest BCUT2D eigenvalue weighted by molar-refractivity contribution is 5.62. The number of nitrogens with zero attached hydrogens (tertiary/aromatic N) is 3. The van der Waals surface area contributed by atoms with Crippen molar-refractivity contribution in [1.82, 2.24) is 15.0 Å². The Balaban J connectivity index is 2.08. The third-order valence-electron chi connectivity index (χ3n) is 3.26. The molecule has 20 heavy (non-hydrogen) atoms. The molecule has 1 heterocycles. The first kappa shape index (κ1) is 12.6. The Hall–Kier alpha value is -2.46. The van der Waals surface area contributed by atoms with E-state index in [4.69, 9.17) is 5.73 Å². The SMILES string of the molecule is CC(N)c1cccc(-c2cnnn2-c2ccccc2)c1. The summed E-state index contributed by atoms with van der Waals surface area (Å²) in [5.74, 6) is 0. The number of benzene rings is 2. The molecule has 1 atom stereocenters. The standard InChI is InChI=1S/C16H16N4/c1-12(17)13-6-5-7-14(10-13)16-11-18-19-20(16)15-8-3-2-4-9-15/h2-12H,17H2,1H3. The topological polar surface area (TPSA) is 56.7 Å². The highest BCUT2D eigenvalue weighted by Gasteiger charge is 2.09. The van der Waals surface area contributed by atoms with E-state index in [-0.39, 0.29) is 6.04 Å². The number of hydrogen-bond acceptors (Lipinski definition) is 3. The third kappa shape index (κ3) is 2.33. The summed E-state index contributed by atoms with van der Waals surface area (Å²) < 4.78 is 1.83. The average Bonchev–Trinajstić information content (AvgIpc) is 2.98. The van der Waals surface area contributed by atoms with E-state index >= 15 is 0 Å². The lowest BCUT2D eigenvalue weighted by Crippen LogP contribution is -2.05. The number of aromatic nitrogens is 3. The molecule has 0 aliphatic rings. The van der Waals surface area contributed by atoms with Crippen molar-refractivity contribution in [2.45, 2.75) is 13.0 Å². The minimum atomic E-state index is 0.0102. The fourth-order valence-corrected chi connectivity index (χ4v) is 2.17. The van der Waals surface area contributed by atoms with Gasteiger partial charge in [-0.3, -0.25) is 0 Å². The van der Waals surface area contributed by atoms with Crippen molar-refractivity contribution in [1.29, 1.82) is 0 Å². The summed E-state index contributed by atoms with van der Waals surface area (Å²) in [7, 11) is 0. The minimum Gasteiger partial charge on any atom is -0.324 e. The van der Waals surface area contributed by atoms with E-state index in [1.54, 1.807) is 6.20 Å². The molecule has 1 aromatic heterocycles. The Labute approximate surface area is 117 Å². The van der Waals surface area contributed by atoms with Crippen LogP contribution in [-0.4, -0.2) is 15.0 Å². The maximum atomic E-state index is 5.95. The van der Waals surface area contributed by atoms with Gasteiger partial charge in [0.05, 0.1) is 17.6 Å². The van der Waals surface area contributed by atoms with Gasteiger partial charge in [0, 0.05) is 11.6 Å². The van der Waals surface area contributed by atoms with Gasteiger partial charge in [0.25, 0.3) is 0 Å². The van der Waals surface area contributed by atoms with Crippen LogP contribution in [0.1, 0.15) is 18.5 Å². The van der Waals surface area contributed by atoms with Crippen LogP contribution < -0.4 is 5.73 Å². The Kier molecular flexibility index (Phi) is 3.31. The van der Waals surface area contributed by atoms with Crippen LogP contribution in [0, 0.1) is 0 Å². The maximum absolute atomic E-state index is 5.95. The fraction of sp³-hybridized carbons (Fsp3) is 0.125. The molecule has 3 rings (SSSR count). The van der Waals surface area contributed by atoms with Gasteiger partial charge in [-0.25, -0.2) is 4.68 Å². The molecule has 0 radical (unpaired) electrons. The highest BCUT2D eigenvalue weighted by atomic mass is 15.4. The lowest BCUT2D eigenvalue weighted by molar-refractivity contribution is 0.805. The zero-order chi connectivity index (χ0) is 13.9. The van der Waals surface area contributed by atoms with Crippen LogP contribution in [0.4, 0.5) is 0 Å². The van der Waals surface area contributed by atoms with Crippen LogP contribution in [-0.2, 0) is 0 Å². The molecule has 1 unspecified atom stereocenters. The van der Waals surface area contributed by atoms with Crippen molar-refractivity contribution in [3.8, 4) is 16.9 Å². The molecule has 4 heteroatoms. The largest absolute Gasteiger partial charge is 0.324 e. The second-order valence-electron chi connectivity index (χ2n) is 4.78. The lowest BCUT2D eigenvalue weighted by atomic mass is 10.0. The predicted octanol–water partition coefficient (Wildman–Crippen LogP) is 2.95. The van der Waals surface area contributed by atoms with Crippen LogP contribution in [0.3, 0.4) is 0 Å². The van der Waals surface area contributed by atoms with E-state index in [2.05, 4.69) is 16.4 Å². The maximum Gasteiger partial charge on any atom is 0.0944 e. The van der Waals surface area contributed by atoms with Gasteiger partial charge in [-0.1, -0.05) is 41.6 Å². The van der Waals surface area contributed by atoms with Crippen molar-refractivity contribution in [2.24, 2.45) is 5.73 Å². The molecule has 0 bridgehead atoms. The Morgan fingerprint density at radius 2 is 1.85 bits per heavy atom. The molecule has 0 saturated heterocycles. The van der Waals surface area contributed by atoms with Crippen molar-refractivity contribution < 1.29 is 0 Å². The Bertz CT molecular complexity index is 701. The molecule has 100 valence electrons. The lowest BCUT2D eigenvalue weighted by Gasteiger charge is -2.09. The van der Waals surface area contributed by atoms with Gasteiger partial charge in [-0.2, -0.15) is 0 Å². The van der Waals surface area contributed by atoms with Gasteiger partial charge in [-0.15, -0.1) is 5.10 Å². The van der Waals surface area contributed by atoms with Crippen LogP contribution in [0.15, 0.2) is 60.8 Å². The highest BCUT2D eigenvalue weighted by Crippen LogP contribution is 2.23. The molecular formula is C16H16N4. The van der Waals surface area contributed by atoms with Gasteiger partial charge < -0.3 is 5.73 Å². The number of para-hydroxylation sites is 1. The molecule has 0 fully saturated rings. The number of rotatable bonds is 3. The van der Waals surface area contributed by atoms with E-state index in [0.717, 1.165) is 22.5 Å². The van der Waals surface area contributed by atoms with Gasteiger partial charge in [0.1, 0.15) is 0 Å². The van der Waals surface area contributed by atoms with Crippen molar-refractivity contribution in [3.05, 3.63) is 66.4 Å². The molecule has 0 saturated carbocycles. The quantitative estimate of drug-likeness (QED) is 0.791. The summed E-state index contributed by atoms with van der Waals surface area (Å²) in [6.45, 7) is 1.98. The summed E-state index contributed by atoms with van der Waals surface area (Å²) in [5.41, 5.74) is 10.1. The number of nitrogens with two attached hydrogens (primary N) is 1. The molecular weight excluding hydrogens is 248 g/mol. The summed E-state index contributed by atoms with van der Waals surface area (Å²) in [5, 5.41) is 8.20. The van der Waals surface area contributed by atoms with Gasteiger partial charge in [-0.05, 0) is 30.7 Å². The minimum absolute atomic E-state index is 0.0102. The Morgan fingerprint density at radius 3 is 2.60 bits per heavy atom. The van der Waals surface area contributed by atoms with Gasteiger partial charge in [0.15, 0.2) is 0 Å². The van der Waals surface area contributed by atoms with Crippen molar-refractivity contribution >= 4 is 0 Å². The zero-order valence-corrected chi connectivity index (χ0v) is 11.3. The zero-order valence-electron chi connectivity index (χ0n) is 11.3. The first-order valence-electron chi connectivity index (χ1n) is 6.58. The molecule has 0 amide bonds. The average molecular weight is 264 g/mol. The van der Waals surface area contributed by atoms with Gasteiger partial charge in [0.2, 0.25) is 0 Å². The molecule has 3 aromatic rings. The normalized spacial score (nSPS) is 12.3. The van der Waals surface area contributed by atoms with Crippen LogP contribution in [0.5, 0.6) is 0 Å². The second-order valence-corrected chi connectivity index (χ2v) is 4.78. The van der Waals surface area contributed by atoms with Crippen LogP contribution in [0.25, 0.3) is 16.9 Å². The fourth-order valence-electron chi connectivity index (χ4n) is 2.17. The van der Waals surface area contributed by atoms with Crippen LogP contribution >= 0.6 is 0 Å². The van der Waals surface area contributed by atoms with Crippen molar-refractivity contribution in [2.75, 3.05) is 0 Å². The molecule has 4 nitrogen and oxygen atoms in total. The van der Waals surface area contributed by atoms with Crippen LogP contribution in [0.2, 0.25) is 0 Å². The number of hydrogen-bond donors (Lipinski definition) is 1. The smallest absolute Gasteiger partial charge is 0.0944 e. The Morgan fingerprint density at radius 1 is 1.05 bits per heavy atom. The van der Waals surface area contributed by atoms with E-state index in [0.29, 0.717) is 0 Å². The predicted molar refractivity (Wildman–Crippen MR) is 79.4 cm³/mol. The van der Waals surface area contributed by atoms with Crippen molar-refractivity contribution in [3.63, 3.8) is 0 Å². The van der Waals surface area contributed by atoms with E-state index in [9.17, 15) is 0 Å². The molecule has 0 aliphatic carbocycles. The van der Waals surface area contributed by atoms with Gasteiger partial charge >= 0.3 is 0 Å². The third-order valence-corrected chi connectivity index (χ3v) is 3.26. The summed E-state index contributed by atoms with van der Waals surface area (Å²) in [6, 6.07) is 18.2.